The molecule has 0 unspecified atom stereocenters. The highest BCUT2D eigenvalue weighted by Crippen LogP contribution is 2.27. The van der Waals surface area contributed by atoms with Crippen LogP contribution in [0.4, 0.5) is 0 Å². The van der Waals surface area contributed by atoms with E-state index in [0.717, 1.165) is 22.3 Å². The Morgan fingerprint density at radius 2 is 1.29 bits per heavy atom. The van der Waals surface area contributed by atoms with Gasteiger partial charge in [-0.3, -0.25) is 28.8 Å². The molecule has 66 heavy (non-hydrogen) atoms. The Morgan fingerprint density at radius 3 is 1.85 bits per heavy atom. The maximum Gasteiger partial charge on any atom is 0.251 e. The van der Waals surface area contributed by atoms with Gasteiger partial charge in [0.15, 0.2) is 0 Å². The monoisotopic (exact) mass is 901 g/mol. The molecular formula is C51H63N7O8. The molecule has 6 amide bonds. The van der Waals surface area contributed by atoms with E-state index in [1.165, 1.54) is 0 Å². The quantitative estimate of drug-likeness (QED) is 0.0836. The number of likely N-dealkylation sites (tertiary alicyclic amines) is 1. The van der Waals surface area contributed by atoms with E-state index in [9.17, 15) is 28.8 Å². The van der Waals surface area contributed by atoms with Gasteiger partial charge in [0, 0.05) is 57.6 Å². The molecule has 0 bridgehead atoms. The van der Waals surface area contributed by atoms with Crippen molar-refractivity contribution in [1.29, 1.82) is 0 Å². The van der Waals surface area contributed by atoms with Crippen LogP contribution in [0.25, 0.3) is 11.1 Å². The van der Waals surface area contributed by atoms with Crippen molar-refractivity contribution in [2.75, 3.05) is 66.6 Å². The second-order valence-corrected chi connectivity index (χ2v) is 16.8. The fraction of sp³-hybridized carbons (Fsp3) is 0.412. The van der Waals surface area contributed by atoms with E-state index in [0.29, 0.717) is 76.1 Å². The number of carbonyl (C=O) groups is 6. The van der Waals surface area contributed by atoms with Crippen LogP contribution in [-0.4, -0.2) is 136 Å². The van der Waals surface area contributed by atoms with Gasteiger partial charge in [-0.25, -0.2) is 0 Å². The second-order valence-electron chi connectivity index (χ2n) is 16.8. The number of nitrogens with one attached hydrogen (secondary N) is 5. The lowest BCUT2D eigenvalue weighted by molar-refractivity contribution is -0.143. The van der Waals surface area contributed by atoms with E-state index >= 15 is 0 Å². The molecule has 0 aliphatic carbocycles. The second kappa shape index (κ2) is 24.8. The smallest absolute Gasteiger partial charge is 0.251 e. The maximum absolute atomic E-state index is 14.5. The molecule has 0 spiro atoms. The standard InChI is InChI=1S/C51H63N7O8/c1-35(52-2)48(61)56-47(40-25-30-66-31-26-40)51(64)58-29-24-44(65-3)43(58)34-57(28-23-37-12-8-5-9-13-37)46(60)33-55-50(63)42-20-16-39(17-21-42)38-14-18-41(19-15-38)49(62)54-32-45(59)53-27-22-36-10-6-4-7-11-36/h4-21,35,40,43-44,47,52H,22-34H2,1-3H3,(H,53,59)(H,54,62)(H,55,63)(H,56,61)/t35-,43+,44-,47-/m0/s1. The Balaban J connectivity index is 1.06. The number of likely N-dealkylation sites (N-methyl/N-ethyl adjacent to an activating group) is 1. The summed E-state index contributed by atoms with van der Waals surface area (Å²) in [6, 6.07) is 31.8. The Hall–Kier alpha value is -6.42. The number of hydrogen-bond donors (Lipinski definition) is 5. The Kier molecular flexibility index (Phi) is 18.4. The largest absolute Gasteiger partial charge is 0.381 e. The summed E-state index contributed by atoms with van der Waals surface area (Å²) < 4.78 is 11.5. The van der Waals surface area contributed by atoms with E-state index in [4.69, 9.17) is 9.47 Å². The van der Waals surface area contributed by atoms with Crippen molar-refractivity contribution >= 4 is 35.4 Å². The average Bonchev–Trinajstić information content (AvgIpc) is 3.78. The van der Waals surface area contributed by atoms with Crippen molar-refractivity contribution in [2.45, 2.75) is 63.3 Å². The number of ether oxygens (including phenoxy) is 2. The summed E-state index contributed by atoms with van der Waals surface area (Å²) >= 11 is 0. The molecule has 0 radical (unpaired) electrons. The van der Waals surface area contributed by atoms with E-state index in [1.54, 1.807) is 79.4 Å². The van der Waals surface area contributed by atoms with Gasteiger partial charge in [0.2, 0.25) is 23.6 Å². The molecule has 2 saturated heterocycles. The van der Waals surface area contributed by atoms with Crippen molar-refractivity contribution < 1.29 is 38.2 Å². The molecular weight excluding hydrogens is 839 g/mol. The van der Waals surface area contributed by atoms with Gasteiger partial charge in [0.05, 0.1) is 31.3 Å². The lowest BCUT2D eigenvalue weighted by Crippen LogP contribution is -2.59. The number of nitrogens with zero attached hydrogens (tertiary/aromatic N) is 2. The first-order valence-corrected chi connectivity index (χ1v) is 22.8. The highest BCUT2D eigenvalue weighted by molar-refractivity contribution is 5.98. The van der Waals surface area contributed by atoms with Crippen LogP contribution in [-0.2, 0) is 41.5 Å². The van der Waals surface area contributed by atoms with Crippen LogP contribution in [0, 0.1) is 5.92 Å². The summed E-state index contributed by atoms with van der Waals surface area (Å²) in [6.45, 7) is 3.74. The van der Waals surface area contributed by atoms with Crippen LogP contribution in [0.1, 0.15) is 58.0 Å². The molecule has 2 heterocycles. The molecule has 4 aromatic carbocycles. The molecule has 0 saturated carbocycles. The summed E-state index contributed by atoms with van der Waals surface area (Å²) in [5.74, 6) is -1.95. The summed E-state index contributed by atoms with van der Waals surface area (Å²) in [7, 11) is 3.30. The maximum atomic E-state index is 14.5. The number of methoxy groups -OCH3 is 1. The number of benzene rings is 4. The molecule has 6 rings (SSSR count). The third-order valence-corrected chi connectivity index (χ3v) is 12.5. The SMILES string of the molecule is CN[C@@H](C)C(=O)N[C@H](C(=O)N1CC[C@H](OC)[C@H]1CN(CCc1ccccc1)C(=O)CNC(=O)c1ccc(-c2ccc(C(=O)NCC(=O)NCCc3ccccc3)cc2)cc1)C1CCOCC1. The van der Waals surface area contributed by atoms with Gasteiger partial charge >= 0.3 is 0 Å². The molecule has 2 aliphatic rings. The van der Waals surface area contributed by atoms with Gasteiger partial charge in [-0.05, 0) is 98.5 Å². The van der Waals surface area contributed by atoms with Crippen molar-refractivity contribution in [3.63, 3.8) is 0 Å². The number of carbonyl (C=O) groups excluding carboxylic acids is 6. The molecule has 2 aliphatic heterocycles. The zero-order chi connectivity index (χ0) is 46.8. The lowest BCUT2D eigenvalue weighted by atomic mass is 9.90. The molecule has 4 aromatic rings. The first-order chi connectivity index (χ1) is 32.0. The van der Waals surface area contributed by atoms with Gasteiger partial charge < -0.3 is 45.9 Å². The summed E-state index contributed by atoms with van der Waals surface area (Å²) in [6.07, 6.45) is 2.74. The van der Waals surface area contributed by atoms with Crippen molar-refractivity contribution in [3.8, 4) is 11.1 Å². The molecule has 15 heteroatoms. The van der Waals surface area contributed by atoms with E-state index in [-0.39, 0.29) is 61.2 Å². The Morgan fingerprint density at radius 1 is 0.727 bits per heavy atom. The predicted molar refractivity (Wildman–Crippen MR) is 251 cm³/mol. The Bertz CT molecular complexity index is 2220. The highest BCUT2D eigenvalue weighted by Gasteiger charge is 2.44. The van der Waals surface area contributed by atoms with Crippen LogP contribution in [0.3, 0.4) is 0 Å². The first kappa shape index (κ1) is 49.0. The van der Waals surface area contributed by atoms with Crippen LogP contribution < -0.4 is 26.6 Å². The van der Waals surface area contributed by atoms with E-state index in [1.807, 2.05) is 60.7 Å². The first-order valence-electron chi connectivity index (χ1n) is 22.8. The molecule has 5 N–H and O–H groups in total. The van der Waals surface area contributed by atoms with Gasteiger partial charge in [0.1, 0.15) is 6.04 Å². The highest BCUT2D eigenvalue weighted by atomic mass is 16.5. The lowest BCUT2D eigenvalue weighted by Gasteiger charge is -2.37. The van der Waals surface area contributed by atoms with Gasteiger partial charge in [-0.2, -0.15) is 0 Å². The van der Waals surface area contributed by atoms with Crippen LogP contribution in [0.5, 0.6) is 0 Å². The van der Waals surface area contributed by atoms with Crippen LogP contribution in [0.15, 0.2) is 109 Å². The molecule has 0 aromatic heterocycles. The third-order valence-electron chi connectivity index (χ3n) is 12.5. The predicted octanol–water partition coefficient (Wildman–Crippen LogP) is 3.38. The zero-order valence-electron chi connectivity index (χ0n) is 38.1. The van der Waals surface area contributed by atoms with E-state index in [2.05, 4.69) is 26.6 Å². The normalized spacial score (nSPS) is 17.0. The summed E-state index contributed by atoms with van der Waals surface area (Å²) in [4.78, 5) is 83.7. The van der Waals surface area contributed by atoms with E-state index < -0.39 is 24.0 Å². The molecule has 2 fully saturated rings. The average molecular weight is 902 g/mol. The Labute approximate surface area is 387 Å². The number of amides is 6. The van der Waals surface area contributed by atoms with Crippen molar-refractivity contribution in [1.82, 2.24) is 36.4 Å². The fourth-order valence-corrected chi connectivity index (χ4v) is 8.37. The van der Waals surface area contributed by atoms with Gasteiger partial charge in [-0.1, -0.05) is 84.9 Å². The minimum atomic E-state index is -0.762. The van der Waals surface area contributed by atoms with Crippen molar-refractivity contribution in [3.05, 3.63) is 131 Å². The minimum Gasteiger partial charge on any atom is -0.381 e. The number of hydrogen-bond acceptors (Lipinski definition) is 9. The minimum absolute atomic E-state index is 0.108. The zero-order valence-corrected chi connectivity index (χ0v) is 38.1. The topological polar surface area (TPSA) is 188 Å². The fourth-order valence-electron chi connectivity index (χ4n) is 8.37. The third kappa shape index (κ3) is 13.8. The number of rotatable bonds is 21. The summed E-state index contributed by atoms with van der Waals surface area (Å²) in [5, 5.41) is 14.3. The summed E-state index contributed by atoms with van der Waals surface area (Å²) in [5.41, 5.74) is 4.56. The molecule has 350 valence electrons. The molecule has 15 nitrogen and oxygen atoms in total. The molecule has 4 atom stereocenters. The van der Waals surface area contributed by atoms with Crippen LogP contribution in [0.2, 0.25) is 0 Å². The van der Waals surface area contributed by atoms with Gasteiger partial charge in [-0.15, -0.1) is 0 Å². The van der Waals surface area contributed by atoms with Gasteiger partial charge in [0.25, 0.3) is 11.8 Å². The van der Waals surface area contributed by atoms with Crippen LogP contribution >= 0.6 is 0 Å². The van der Waals surface area contributed by atoms with Crippen molar-refractivity contribution in [2.24, 2.45) is 5.92 Å².